The average molecular weight is 245 g/mol. The van der Waals surface area contributed by atoms with Crippen molar-refractivity contribution in [3.8, 4) is 0 Å². The zero-order valence-electron chi connectivity index (χ0n) is 6.83. The van der Waals surface area contributed by atoms with E-state index in [1.165, 1.54) is 0 Å². The molecule has 0 saturated carbocycles. The minimum absolute atomic E-state index is 0.0659. The lowest BCUT2D eigenvalue weighted by molar-refractivity contribution is 0.0943. The van der Waals surface area contributed by atoms with Crippen molar-refractivity contribution in [1.82, 2.24) is 10.3 Å². The third-order valence-corrected chi connectivity index (χ3v) is 2.03. The Kier molecular flexibility index (Phi) is 3.85. The van der Waals surface area contributed by atoms with Crippen LogP contribution in [0.25, 0.3) is 0 Å². The first-order chi connectivity index (χ1) is 6.25. The van der Waals surface area contributed by atoms with Crippen LogP contribution in [-0.2, 0) is 0 Å². The number of halogens is 1. The molecule has 2 N–H and O–H groups in total. The summed E-state index contributed by atoms with van der Waals surface area (Å²) in [6, 6.07) is 3.34. The van der Waals surface area contributed by atoms with Crippen LogP contribution in [0, 0.1) is 0 Å². The van der Waals surface area contributed by atoms with E-state index in [2.05, 4.69) is 26.2 Å². The van der Waals surface area contributed by atoms with Crippen molar-refractivity contribution in [2.45, 2.75) is 0 Å². The number of rotatable bonds is 3. The van der Waals surface area contributed by atoms with Gasteiger partial charge in [0.05, 0.1) is 12.2 Å². The maximum atomic E-state index is 11.3. The van der Waals surface area contributed by atoms with Gasteiger partial charge in [-0.1, -0.05) is 0 Å². The van der Waals surface area contributed by atoms with Crippen molar-refractivity contribution in [1.29, 1.82) is 0 Å². The highest BCUT2D eigenvalue weighted by atomic mass is 79.9. The summed E-state index contributed by atoms with van der Waals surface area (Å²) in [6.07, 6.45) is 1.59. The lowest BCUT2D eigenvalue weighted by atomic mass is 10.3. The maximum absolute atomic E-state index is 11.3. The van der Waals surface area contributed by atoms with E-state index < -0.39 is 0 Å². The van der Waals surface area contributed by atoms with Crippen LogP contribution in [0.15, 0.2) is 22.9 Å². The van der Waals surface area contributed by atoms with E-state index in [0.717, 1.165) is 0 Å². The third kappa shape index (κ3) is 2.78. The first-order valence-corrected chi connectivity index (χ1v) is 4.54. The van der Waals surface area contributed by atoms with Gasteiger partial charge in [-0.15, -0.1) is 0 Å². The molecule has 0 fully saturated rings. The van der Waals surface area contributed by atoms with Crippen LogP contribution >= 0.6 is 15.9 Å². The van der Waals surface area contributed by atoms with E-state index in [9.17, 15) is 4.79 Å². The van der Waals surface area contributed by atoms with Gasteiger partial charge in [-0.25, -0.2) is 4.98 Å². The Hall–Kier alpha value is -0.940. The predicted molar refractivity (Wildman–Crippen MR) is 51.4 cm³/mol. The first kappa shape index (κ1) is 10.1. The van der Waals surface area contributed by atoms with E-state index in [1.807, 2.05) is 0 Å². The first-order valence-electron chi connectivity index (χ1n) is 3.75. The molecule has 1 rings (SSSR count). The summed E-state index contributed by atoms with van der Waals surface area (Å²) in [5.74, 6) is -0.242. The molecule has 0 aliphatic carbocycles. The largest absolute Gasteiger partial charge is 0.395 e. The Morgan fingerprint density at radius 3 is 3.08 bits per heavy atom. The molecule has 1 heterocycles. The second kappa shape index (κ2) is 4.94. The molecule has 0 aliphatic rings. The predicted octanol–water partition coefficient (Wildman–Crippen LogP) is 0.566. The number of nitrogens with zero attached hydrogens (tertiary/aromatic N) is 1. The summed E-state index contributed by atoms with van der Waals surface area (Å²) in [4.78, 5) is 15.2. The monoisotopic (exact) mass is 244 g/mol. The van der Waals surface area contributed by atoms with Crippen molar-refractivity contribution < 1.29 is 9.90 Å². The molecule has 5 heteroatoms. The molecule has 0 aliphatic heterocycles. The summed E-state index contributed by atoms with van der Waals surface area (Å²) < 4.78 is 0.505. The second-order valence-electron chi connectivity index (χ2n) is 2.32. The highest BCUT2D eigenvalue weighted by Crippen LogP contribution is 2.11. The number of carbonyl (C=O) groups excluding carboxylic acids is 1. The second-order valence-corrected chi connectivity index (χ2v) is 3.07. The quantitative estimate of drug-likeness (QED) is 0.765. The molecule has 0 spiro atoms. The van der Waals surface area contributed by atoms with Gasteiger partial charge in [0, 0.05) is 12.7 Å². The number of aromatic nitrogens is 1. The molecule has 0 aromatic carbocycles. The molecule has 4 nitrogen and oxygen atoms in total. The number of nitrogens with one attached hydrogen (secondary N) is 1. The van der Waals surface area contributed by atoms with Gasteiger partial charge in [-0.3, -0.25) is 4.79 Å². The fourth-order valence-corrected chi connectivity index (χ4v) is 1.25. The van der Waals surface area contributed by atoms with Gasteiger partial charge in [-0.2, -0.15) is 0 Å². The van der Waals surface area contributed by atoms with Crippen LogP contribution in [0.3, 0.4) is 0 Å². The fourth-order valence-electron chi connectivity index (χ4n) is 0.820. The molecule has 0 saturated heterocycles. The summed E-state index contributed by atoms with van der Waals surface area (Å²) in [5.41, 5.74) is 0.468. The van der Waals surface area contributed by atoms with Crippen molar-refractivity contribution in [3.05, 3.63) is 28.5 Å². The molecule has 1 amide bonds. The van der Waals surface area contributed by atoms with Crippen LogP contribution < -0.4 is 5.32 Å². The van der Waals surface area contributed by atoms with E-state index in [1.54, 1.807) is 18.3 Å². The topological polar surface area (TPSA) is 62.2 Å². The molecule has 1 aromatic heterocycles. The molecule has 13 heavy (non-hydrogen) atoms. The zero-order chi connectivity index (χ0) is 9.68. The molecule has 70 valence electrons. The summed E-state index contributed by atoms with van der Waals surface area (Å²) in [7, 11) is 0. The number of carbonyl (C=O) groups is 1. The fraction of sp³-hybridized carbons (Fsp3) is 0.250. The van der Waals surface area contributed by atoms with Gasteiger partial charge in [0.25, 0.3) is 5.91 Å². The van der Waals surface area contributed by atoms with E-state index >= 15 is 0 Å². The van der Waals surface area contributed by atoms with E-state index in [4.69, 9.17) is 5.11 Å². The van der Waals surface area contributed by atoms with Gasteiger partial charge in [0.2, 0.25) is 0 Å². The molecule has 0 bridgehead atoms. The standard InChI is InChI=1S/C8H9BrN2O2/c9-7-6(2-1-3-10-7)8(13)11-4-5-12/h1-3,12H,4-5H2,(H,11,13). The Morgan fingerprint density at radius 2 is 2.46 bits per heavy atom. The number of aliphatic hydroxyl groups is 1. The zero-order valence-corrected chi connectivity index (χ0v) is 8.41. The van der Waals surface area contributed by atoms with Gasteiger partial charge >= 0.3 is 0 Å². The van der Waals surface area contributed by atoms with Crippen molar-refractivity contribution in [2.24, 2.45) is 0 Å². The van der Waals surface area contributed by atoms with Crippen LogP contribution in [0.5, 0.6) is 0 Å². The highest BCUT2D eigenvalue weighted by molar-refractivity contribution is 9.10. The minimum atomic E-state index is -0.242. The SMILES string of the molecule is O=C(NCCO)c1cccnc1Br. The molecule has 1 aromatic rings. The maximum Gasteiger partial charge on any atom is 0.254 e. The smallest absolute Gasteiger partial charge is 0.254 e. The van der Waals surface area contributed by atoms with E-state index in [-0.39, 0.29) is 19.1 Å². The average Bonchev–Trinajstić information content (AvgIpc) is 2.15. The van der Waals surface area contributed by atoms with Crippen LogP contribution in [0.2, 0.25) is 0 Å². The van der Waals surface area contributed by atoms with Crippen molar-refractivity contribution in [2.75, 3.05) is 13.2 Å². The lowest BCUT2D eigenvalue weighted by Gasteiger charge is -2.03. The normalized spacial score (nSPS) is 9.69. The number of hydrogen-bond donors (Lipinski definition) is 2. The molecule has 0 radical (unpaired) electrons. The lowest BCUT2D eigenvalue weighted by Crippen LogP contribution is -2.26. The number of hydrogen-bond acceptors (Lipinski definition) is 3. The number of aliphatic hydroxyl groups excluding tert-OH is 1. The van der Waals surface area contributed by atoms with Crippen molar-refractivity contribution in [3.63, 3.8) is 0 Å². The Balaban J connectivity index is 2.71. The summed E-state index contributed by atoms with van der Waals surface area (Å²) >= 11 is 3.15. The van der Waals surface area contributed by atoms with Crippen LogP contribution in [0.4, 0.5) is 0 Å². The molecule has 0 unspecified atom stereocenters. The van der Waals surface area contributed by atoms with Crippen LogP contribution in [0.1, 0.15) is 10.4 Å². The summed E-state index contributed by atoms with van der Waals surface area (Å²) in [6.45, 7) is 0.184. The van der Waals surface area contributed by atoms with Gasteiger partial charge in [0.15, 0.2) is 0 Å². The van der Waals surface area contributed by atoms with Gasteiger partial charge in [-0.05, 0) is 28.1 Å². The van der Waals surface area contributed by atoms with Crippen molar-refractivity contribution >= 4 is 21.8 Å². The highest BCUT2D eigenvalue weighted by Gasteiger charge is 2.08. The number of amides is 1. The third-order valence-electron chi connectivity index (χ3n) is 1.40. The van der Waals surface area contributed by atoms with E-state index in [0.29, 0.717) is 10.2 Å². The molecular weight excluding hydrogens is 236 g/mol. The summed E-state index contributed by atoms with van der Waals surface area (Å²) in [5, 5.41) is 11.0. The Labute approximate surface area is 84.1 Å². The molecular formula is C8H9BrN2O2. The van der Waals surface area contributed by atoms with Gasteiger partial charge < -0.3 is 10.4 Å². The minimum Gasteiger partial charge on any atom is -0.395 e. The Morgan fingerprint density at radius 1 is 1.69 bits per heavy atom. The molecule has 0 atom stereocenters. The Bertz CT molecular complexity index is 304. The van der Waals surface area contributed by atoms with Gasteiger partial charge in [0.1, 0.15) is 4.60 Å². The van der Waals surface area contributed by atoms with Crippen LogP contribution in [-0.4, -0.2) is 29.1 Å². The number of pyridine rings is 1.